The van der Waals surface area contributed by atoms with Crippen LogP contribution in [0.2, 0.25) is 0 Å². The van der Waals surface area contributed by atoms with Gasteiger partial charge in [-0.05, 0) is 73.7 Å². The van der Waals surface area contributed by atoms with Crippen LogP contribution in [0.15, 0.2) is 66.7 Å². The number of ether oxygens (including phenoxy) is 1. The van der Waals surface area contributed by atoms with Gasteiger partial charge in [0.1, 0.15) is 5.75 Å². The normalized spacial score (nSPS) is 18.5. The van der Waals surface area contributed by atoms with Gasteiger partial charge < -0.3 is 15.4 Å². The Bertz CT molecular complexity index is 1160. The molecule has 0 unspecified atom stereocenters. The number of hydrogen-bond donors (Lipinski definition) is 1. The number of amides is 1. The van der Waals surface area contributed by atoms with Crippen molar-refractivity contribution in [3.63, 3.8) is 0 Å². The predicted octanol–water partition coefficient (Wildman–Crippen LogP) is 6.19. The molecule has 1 aliphatic rings. The lowest BCUT2D eigenvalue weighted by atomic mass is 9.99. The van der Waals surface area contributed by atoms with Crippen molar-refractivity contribution in [2.75, 3.05) is 11.4 Å². The van der Waals surface area contributed by atoms with E-state index in [0.29, 0.717) is 18.7 Å². The highest BCUT2D eigenvalue weighted by molar-refractivity contribution is 5.97. The largest absolute Gasteiger partial charge is 0.491 e. The SMILES string of the molecule is CC[C@H](C)[C@H](N)CN(C(=O)[C@H]1C[C@@H]1c1cccc(F)n1)c1ccc(-c2ccc(OC(C)C)cc2)cc1. The van der Waals surface area contributed by atoms with Gasteiger partial charge in [0.25, 0.3) is 0 Å². The van der Waals surface area contributed by atoms with Crippen LogP contribution in [-0.2, 0) is 4.79 Å². The summed E-state index contributed by atoms with van der Waals surface area (Å²) in [5, 5.41) is 0. The van der Waals surface area contributed by atoms with Gasteiger partial charge in [-0.15, -0.1) is 0 Å². The fraction of sp³-hybridized carbons (Fsp3) is 0.400. The van der Waals surface area contributed by atoms with Crippen molar-refractivity contribution in [1.29, 1.82) is 0 Å². The van der Waals surface area contributed by atoms with Crippen LogP contribution in [0, 0.1) is 17.8 Å². The molecule has 0 radical (unpaired) electrons. The minimum Gasteiger partial charge on any atom is -0.491 e. The molecule has 0 saturated heterocycles. The van der Waals surface area contributed by atoms with Crippen molar-refractivity contribution in [2.45, 2.75) is 58.6 Å². The van der Waals surface area contributed by atoms with Crippen LogP contribution >= 0.6 is 0 Å². The van der Waals surface area contributed by atoms with Crippen molar-refractivity contribution in [3.8, 4) is 16.9 Å². The fourth-order valence-electron chi connectivity index (χ4n) is 4.47. The highest BCUT2D eigenvalue weighted by Gasteiger charge is 2.47. The molecule has 4 atom stereocenters. The first-order chi connectivity index (χ1) is 17.3. The van der Waals surface area contributed by atoms with E-state index in [1.54, 1.807) is 12.1 Å². The number of anilines is 1. The number of nitrogens with zero attached hydrogens (tertiary/aromatic N) is 2. The Morgan fingerprint density at radius 2 is 1.69 bits per heavy atom. The van der Waals surface area contributed by atoms with Crippen molar-refractivity contribution >= 4 is 11.6 Å². The van der Waals surface area contributed by atoms with Gasteiger partial charge in [-0.1, -0.05) is 50.6 Å². The second kappa shape index (κ2) is 11.2. The van der Waals surface area contributed by atoms with Crippen LogP contribution in [0.25, 0.3) is 11.1 Å². The van der Waals surface area contributed by atoms with Gasteiger partial charge in [0.05, 0.1) is 6.10 Å². The van der Waals surface area contributed by atoms with Gasteiger partial charge in [0, 0.05) is 35.8 Å². The minimum absolute atomic E-state index is 0.0211. The molecule has 1 fully saturated rings. The zero-order valence-corrected chi connectivity index (χ0v) is 21.5. The van der Waals surface area contributed by atoms with E-state index in [9.17, 15) is 9.18 Å². The molecule has 6 heteroatoms. The average Bonchev–Trinajstić information content (AvgIpc) is 3.68. The molecular formula is C30H36FN3O2. The molecule has 4 rings (SSSR count). The molecule has 1 aliphatic carbocycles. The van der Waals surface area contributed by atoms with E-state index in [1.807, 2.05) is 67.3 Å². The smallest absolute Gasteiger partial charge is 0.230 e. The summed E-state index contributed by atoms with van der Waals surface area (Å²) in [7, 11) is 0. The lowest BCUT2D eigenvalue weighted by Gasteiger charge is -2.29. The molecule has 2 N–H and O–H groups in total. The third-order valence-electron chi connectivity index (χ3n) is 7.00. The highest BCUT2D eigenvalue weighted by Crippen LogP contribution is 2.48. The molecule has 1 heterocycles. The van der Waals surface area contributed by atoms with Crippen LogP contribution < -0.4 is 15.4 Å². The Morgan fingerprint density at radius 1 is 1.06 bits per heavy atom. The van der Waals surface area contributed by atoms with Gasteiger partial charge in [-0.25, -0.2) is 4.98 Å². The molecule has 36 heavy (non-hydrogen) atoms. The maximum absolute atomic E-state index is 13.6. The van der Waals surface area contributed by atoms with E-state index in [1.165, 1.54) is 6.07 Å². The Morgan fingerprint density at radius 3 is 2.28 bits per heavy atom. The first-order valence-electron chi connectivity index (χ1n) is 12.8. The topological polar surface area (TPSA) is 68.5 Å². The number of carbonyl (C=O) groups excluding carboxylic acids is 1. The minimum atomic E-state index is -0.513. The monoisotopic (exact) mass is 489 g/mol. The third kappa shape index (κ3) is 6.11. The molecule has 0 spiro atoms. The predicted molar refractivity (Wildman–Crippen MR) is 142 cm³/mol. The molecule has 1 saturated carbocycles. The van der Waals surface area contributed by atoms with E-state index in [4.69, 9.17) is 10.5 Å². The lowest BCUT2D eigenvalue weighted by Crippen LogP contribution is -2.45. The van der Waals surface area contributed by atoms with Gasteiger partial charge in [-0.2, -0.15) is 4.39 Å². The number of halogens is 1. The maximum atomic E-state index is 13.6. The third-order valence-corrected chi connectivity index (χ3v) is 7.00. The summed E-state index contributed by atoms with van der Waals surface area (Å²) in [6, 6.07) is 20.7. The number of aromatic nitrogens is 1. The highest BCUT2D eigenvalue weighted by atomic mass is 19.1. The van der Waals surface area contributed by atoms with E-state index < -0.39 is 5.95 Å². The number of rotatable bonds is 10. The fourth-order valence-corrected chi connectivity index (χ4v) is 4.47. The van der Waals surface area contributed by atoms with E-state index in [0.717, 1.165) is 29.0 Å². The molecule has 1 aromatic heterocycles. The summed E-state index contributed by atoms with van der Waals surface area (Å²) in [5.41, 5.74) is 10.1. The summed E-state index contributed by atoms with van der Waals surface area (Å²) >= 11 is 0. The second-order valence-electron chi connectivity index (χ2n) is 10.1. The van der Waals surface area contributed by atoms with E-state index >= 15 is 0 Å². The number of pyridine rings is 1. The maximum Gasteiger partial charge on any atom is 0.230 e. The molecule has 0 bridgehead atoms. The van der Waals surface area contributed by atoms with Gasteiger partial charge in [0.2, 0.25) is 11.9 Å². The quantitative estimate of drug-likeness (QED) is 0.345. The van der Waals surface area contributed by atoms with Gasteiger partial charge in [-0.3, -0.25) is 4.79 Å². The Hall–Kier alpha value is -3.25. The Balaban J connectivity index is 1.54. The molecule has 2 aromatic carbocycles. The Labute approximate surface area is 213 Å². The van der Waals surface area contributed by atoms with E-state index in [2.05, 4.69) is 18.8 Å². The summed E-state index contributed by atoms with van der Waals surface area (Å²) in [5.74, 6) is 0.366. The van der Waals surface area contributed by atoms with Crippen LogP contribution in [0.1, 0.15) is 52.1 Å². The average molecular weight is 490 g/mol. The van der Waals surface area contributed by atoms with Crippen molar-refractivity contribution in [2.24, 2.45) is 17.6 Å². The number of benzene rings is 2. The molecule has 190 valence electrons. The van der Waals surface area contributed by atoms with Gasteiger partial charge in [0.15, 0.2) is 0 Å². The number of nitrogens with two attached hydrogens (primary N) is 1. The number of hydrogen-bond acceptors (Lipinski definition) is 4. The molecule has 1 amide bonds. The number of carbonyl (C=O) groups is 1. The summed E-state index contributed by atoms with van der Waals surface area (Å²) in [4.78, 5) is 19.4. The second-order valence-corrected chi connectivity index (χ2v) is 10.1. The first kappa shape index (κ1) is 25.8. The van der Waals surface area contributed by atoms with Crippen LogP contribution in [0.4, 0.5) is 10.1 Å². The molecule has 0 aliphatic heterocycles. The summed E-state index contributed by atoms with van der Waals surface area (Å²) in [6.45, 7) is 8.67. The van der Waals surface area contributed by atoms with Gasteiger partial charge >= 0.3 is 0 Å². The van der Waals surface area contributed by atoms with Crippen molar-refractivity contribution in [3.05, 3.63) is 78.4 Å². The zero-order valence-electron chi connectivity index (χ0n) is 21.5. The van der Waals surface area contributed by atoms with Crippen LogP contribution in [0.3, 0.4) is 0 Å². The summed E-state index contributed by atoms with van der Waals surface area (Å²) in [6.07, 6.45) is 1.74. The molecular weight excluding hydrogens is 453 g/mol. The van der Waals surface area contributed by atoms with Crippen molar-refractivity contribution < 1.29 is 13.9 Å². The Kier molecular flexibility index (Phi) is 8.04. The zero-order chi connectivity index (χ0) is 25.8. The van der Waals surface area contributed by atoms with Crippen molar-refractivity contribution in [1.82, 2.24) is 4.98 Å². The van der Waals surface area contributed by atoms with E-state index in [-0.39, 0.29) is 35.8 Å². The first-order valence-corrected chi connectivity index (χ1v) is 12.8. The standard InChI is InChI=1S/C30H36FN3O2/c1-5-20(4)27(32)18-34(30(35)26-17-25(26)28-7-6-8-29(31)33-28)23-13-9-21(10-14-23)22-11-15-24(16-12-22)36-19(2)3/h6-16,19-20,25-27H,5,17-18,32H2,1-4H3/t20-,25-,26-,27+/m0/s1. The lowest BCUT2D eigenvalue weighted by molar-refractivity contribution is -0.120. The molecule has 5 nitrogen and oxygen atoms in total. The van der Waals surface area contributed by atoms with Crippen LogP contribution in [0.5, 0.6) is 5.75 Å². The summed E-state index contributed by atoms with van der Waals surface area (Å²) < 4.78 is 19.4. The van der Waals surface area contributed by atoms with Crippen LogP contribution in [-0.4, -0.2) is 29.6 Å². The molecule has 3 aromatic rings.